The van der Waals surface area contributed by atoms with Gasteiger partial charge in [0.25, 0.3) is 0 Å². The van der Waals surface area contributed by atoms with Crippen LogP contribution in [0.15, 0.2) is 24.5 Å². The van der Waals surface area contributed by atoms with Gasteiger partial charge in [-0.2, -0.15) is 0 Å². The Morgan fingerprint density at radius 1 is 1.48 bits per heavy atom. The van der Waals surface area contributed by atoms with Gasteiger partial charge in [0.1, 0.15) is 0 Å². The molecule has 1 aromatic heterocycles. The molecule has 3 heterocycles. The molecule has 1 spiro atoms. The highest BCUT2D eigenvalue weighted by molar-refractivity contribution is 5.82. The van der Waals surface area contributed by atoms with E-state index in [1.807, 2.05) is 23.2 Å². The molecule has 1 aromatic rings. The average Bonchev–Trinajstić information content (AvgIpc) is 2.95. The average molecular weight is 346 g/mol. The molecular formula is C19H30N4O2. The fourth-order valence-corrected chi connectivity index (χ4v) is 4.26. The van der Waals surface area contributed by atoms with Crippen LogP contribution in [0.5, 0.6) is 0 Å². The summed E-state index contributed by atoms with van der Waals surface area (Å²) in [5.74, 6) is 0.221. The second-order valence-electron chi connectivity index (χ2n) is 7.50. The fourth-order valence-electron chi connectivity index (χ4n) is 4.26. The van der Waals surface area contributed by atoms with Gasteiger partial charge in [0.2, 0.25) is 5.91 Å². The first-order valence-electron chi connectivity index (χ1n) is 9.21. The van der Waals surface area contributed by atoms with Crippen LogP contribution in [-0.2, 0) is 16.1 Å². The van der Waals surface area contributed by atoms with Crippen molar-refractivity contribution in [2.75, 3.05) is 46.9 Å². The Hall–Kier alpha value is -1.50. The topological polar surface area (TPSA) is 57.7 Å². The second kappa shape index (κ2) is 8.25. The van der Waals surface area contributed by atoms with Gasteiger partial charge >= 0.3 is 0 Å². The van der Waals surface area contributed by atoms with Crippen molar-refractivity contribution in [1.29, 1.82) is 0 Å². The van der Waals surface area contributed by atoms with E-state index in [1.54, 1.807) is 13.3 Å². The van der Waals surface area contributed by atoms with E-state index < -0.39 is 0 Å². The van der Waals surface area contributed by atoms with Crippen LogP contribution in [-0.4, -0.2) is 73.7 Å². The predicted molar refractivity (Wildman–Crippen MR) is 97.1 cm³/mol. The maximum Gasteiger partial charge on any atom is 0.240 e. The van der Waals surface area contributed by atoms with Crippen LogP contribution in [0.3, 0.4) is 0 Å². The number of piperidine rings is 1. The van der Waals surface area contributed by atoms with Crippen LogP contribution in [0.2, 0.25) is 0 Å². The summed E-state index contributed by atoms with van der Waals surface area (Å²) in [6, 6.07) is 3.92. The standard InChI is InChI=1S/C19H30N4O2/c1-22-15-19(5-8-20-9-6-19)12-17(22)18(24)23(10-11-25-2)14-16-4-3-7-21-13-16/h3-4,7,13,17,20H,5-6,8-12,14-15H2,1-2H3. The quantitative estimate of drug-likeness (QED) is 0.837. The van der Waals surface area contributed by atoms with Crippen LogP contribution in [0.25, 0.3) is 0 Å². The van der Waals surface area contributed by atoms with Gasteiger partial charge in [-0.05, 0) is 56.4 Å². The van der Waals surface area contributed by atoms with Crippen molar-refractivity contribution >= 4 is 5.91 Å². The van der Waals surface area contributed by atoms with Gasteiger partial charge in [0.05, 0.1) is 12.6 Å². The molecular weight excluding hydrogens is 316 g/mol. The zero-order valence-corrected chi connectivity index (χ0v) is 15.4. The number of likely N-dealkylation sites (N-methyl/N-ethyl adjacent to an activating group) is 1. The summed E-state index contributed by atoms with van der Waals surface area (Å²) in [7, 11) is 3.77. The molecule has 2 aliphatic heterocycles. The molecule has 0 aliphatic carbocycles. The van der Waals surface area contributed by atoms with Crippen molar-refractivity contribution in [2.24, 2.45) is 5.41 Å². The number of pyridine rings is 1. The minimum atomic E-state index is -0.0216. The number of rotatable bonds is 6. The first kappa shape index (κ1) is 18.3. The van der Waals surface area contributed by atoms with Crippen molar-refractivity contribution in [1.82, 2.24) is 20.1 Å². The number of carbonyl (C=O) groups is 1. The zero-order chi connectivity index (χ0) is 17.7. The Morgan fingerprint density at radius 2 is 2.28 bits per heavy atom. The number of methoxy groups -OCH3 is 1. The highest BCUT2D eigenvalue weighted by Crippen LogP contribution is 2.41. The van der Waals surface area contributed by atoms with Gasteiger partial charge in [-0.1, -0.05) is 6.07 Å². The number of nitrogens with one attached hydrogen (secondary N) is 1. The van der Waals surface area contributed by atoms with Crippen LogP contribution >= 0.6 is 0 Å². The summed E-state index contributed by atoms with van der Waals surface area (Å²) in [5.41, 5.74) is 1.37. The molecule has 25 heavy (non-hydrogen) atoms. The lowest BCUT2D eigenvalue weighted by molar-refractivity contribution is -0.137. The Kier molecular flexibility index (Phi) is 6.04. The molecule has 6 heteroatoms. The van der Waals surface area contributed by atoms with Gasteiger partial charge in [-0.25, -0.2) is 0 Å². The molecule has 2 saturated heterocycles. The van der Waals surface area contributed by atoms with Gasteiger partial charge in [0.15, 0.2) is 0 Å². The smallest absolute Gasteiger partial charge is 0.240 e. The Balaban J connectivity index is 1.70. The van der Waals surface area contributed by atoms with E-state index in [0.717, 1.165) is 31.6 Å². The first-order chi connectivity index (χ1) is 12.1. The van der Waals surface area contributed by atoms with E-state index >= 15 is 0 Å². The number of ether oxygens (including phenoxy) is 1. The number of aromatic nitrogens is 1. The van der Waals surface area contributed by atoms with E-state index in [1.165, 1.54) is 12.8 Å². The molecule has 2 aliphatic rings. The van der Waals surface area contributed by atoms with Gasteiger partial charge in [-0.3, -0.25) is 14.7 Å². The molecule has 2 fully saturated rings. The summed E-state index contributed by atoms with van der Waals surface area (Å²) in [5, 5.41) is 3.44. The van der Waals surface area contributed by atoms with Crippen LogP contribution in [0.1, 0.15) is 24.8 Å². The van der Waals surface area contributed by atoms with Crippen LogP contribution < -0.4 is 5.32 Å². The highest BCUT2D eigenvalue weighted by Gasteiger charge is 2.46. The maximum atomic E-state index is 13.3. The van der Waals surface area contributed by atoms with E-state index in [4.69, 9.17) is 4.74 Å². The minimum Gasteiger partial charge on any atom is -0.383 e. The van der Waals surface area contributed by atoms with Crippen molar-refractivity contribution < 1.29 is 9.53 Å². The molecule has 0 radical (unpaired) electrons. The normalized spacial score (nSPS) is 23.0. The third kappa shape index (κ3) is 4.37. The third-order valence-corrected chi connectivity index (χ3v) is 5.67. The lowest BCUT2D eigenvalue weighted by Gasteiger charge is -2.33. The molecule has 6 nitrogen and oxygen atoms in total. The maximum absolute atomic E-state index is 13.3. The van der Waals surface area contributed by atoms with Crippen molar-refractivity contribution in [3.05, 3.63) is 30.1 Å². The van der Waals surface area contributed by atoms with E-state index in [2.05, 4.69) is 22.2 Å². The number of likely N-dealkylation sites (tertiary alicyclic amines) is 1. The molecule has 3 rings (SSSR count). The number of hydrogen-bond donors (Lipinski definition) is 1. The predicted octanol–water partition coefficient (Wildman–Crippen LogP) is 1.13. The SMILES string of the molecule is COCCN(Cc1cccnc1)C(=O)C1CC2(CCNCC2)CN1C. The van der Waals surface area contributed by atoms with Gasteiger partial charge in [0, 0.05) is 39.1 Å². The molecule has 1 amide bonds. The summed E-state index contributed by atoms with van der Waals surface area (Å²) in [4.78, 5) is 21.6. The van der Waals surface area contributed by atoms with Crippen molar-refractivity contribution in [2.45, 2.75) is 31.8 Å². The molecule has 0 aromatic carbocycles. The fraction of sp³-hybridized carbons (Fsp3) is 0.684. The molecule has 138 valence electrons. The summed E-state index contributed by atoms with van der Waals surface area (Å²) in [6.07, 6.45) is 6.90. The zero-order valence-electron chi connectivity index (χ0n) is 15.4. The van der Waals surface area contributed by atoms with Gasteiger partial charge < -0.3 is 15.0 Å². The van der Waals surface area contributed by atoms with Gasteiger partial charge in [-0.15, -0.1) is 0 Å². The molecule has 1 unspecified atom stereocenters. The Bertz CT molecular complexity index is 560. The number of nitrogens with zero attached hydrogens (tertiary/aromatic N) is 3. The number of hydrogen-bond acceptors (Lipinski definition) is 5. The number of carbonyl (C=O) groups excluding carboxylic acids is 1. The lowest BCUT2D eigenvalue weighted by atomic mass is 9.77. The lowest BCUT2D eigenvalue weighted by Crippen LogP contribution is -2.45. The summed E-state index contributed by atoms with van der Waals surface area (Å²) in [6.45, 7) is 4.92. The van der Waals surface area contributed by atoms with Crippen LogP contribution in [0.4, 0.5) is 0 Å². The largest absolute Gasteiger partial charge is 0.383 e. The Labute approximate surface area is 150 Å². The first-order valence-corrected chi connectivity index (χ1v) is 9.21. The molecule has 0 saturated carbocycles. The minimum absolute atomic E-state index is 0.0216. The molecule has 1 N–H and O–H groups in total. The molecule has 1 atom stereocenters. The summed E-state index contributed by atoms with van der Waals surface area (Å²) < 4.78 is 5.23. The van der Waals surface area contributed by atoms with E-state index in [0.29, 0.717) is 25.1 Å². The Morgan fingerprint density at radius 3 is 2.96 bits per heavy atom. The van der Waals surface area contributed by atoms with E-state index in [9.17, 15) is 4.79 Å². The van der Waals surface area contributed by atoms with Crippen molar-refractivity contribution in [3.63, 3.8) is 0 Å². The highest BCUT2D eigenvalue weighted by atomic mass is 16.5. The second-order valence-corrected chi connectivity index (χ2v) is 7.50. The third-order valence-electron chi connectivity index (χ3n) is 5.67. The van der Waals surface area contributed by atoms with Crippen molar-refractivity contribution in [3.8, 4) is 0 Å². The van der Waals surface area contributed by atoms with Crippen LogP contribution in [0, 0.1) is 5.41 Å². The molecule has 0 bridgehead atoms. The number of amides is 1. The monoisotopic (exact) mass is 346 g/mol. The summed E-state index contributed by atoms with van der Waals surface area (Å²) >= 11 is 0. The van der Waals surface area contributed by atoms with E-state index in [-0.39, 0.29) is 11.9 Å².